The summed E-state index contributed by atoms with van der Waals surface area (Å²) < 4.78 is 5.52. The summed E-state index contributed by atoms with van der Waals surface area (Å²) in [5.74, 6) is 0.464. The number of benzene rings is 2. The molecule has 44 heavy (non-hydrogen) atoms. The fourth-order valence-electron chi connectivity index (χ4n) is 5.22. The Balaban J connectivity index is 1.70. The number of ether oxygens (including phenoxy) is 1. The van der Waals surface area contributed by atoms with E-state index in [2.05, 4.69) is 95.2 Å². The molecule has 6 nitrogen and oxygen atoms in total. The molecule has 248 valence electrons. The molecule has 0 heterocycles. The van der Waals surface area contributed by atoms with E-state index in [0.717, 1.165) is 59.1 Å². The molecule has 0 aliphatic carbocycles. The molecule has 2 aromatic carbocycles. The van der Waals surface area contributed by atoms with E-state index < -0.39 is 0 Å². The van der Waals surface area contributed by atoms with E-state index in [1.54, 1.807) is 0 Å². The van der Waals surface area contributed by atoms with Crippen LogP contribution in [-0.2, 0) is 53.8 Å². The Morgan fingerprint density at radius 1 is 0.545 bits per heavy atom. The molecule has 0 saturated heterocycles. The first-order chi connectivity index (χ1) is 20.1. The summed E-state index contributed by atoms with van der Waals surface area (Å²) in [4.78, 5) is 23.4. The van der Waals surface area contributed by atoms with Gasteiger partial charge in [-0.25, -0.2) is 9.78 Å². The molecule has 0 saturated carbocycles. The number of hydrogen-bond acceptors (Lipinski definition) is 6. The highest BCUT2D eigenvalue weighted by atomic mass is 17.2. The van der Waals surface area contributed by atoms with Crippen molar-refractivity contribution >= 4 is 5.97 Å². The Labute approximate surface area is 267 Å². The van der Waals surface area contributed by atoms with Gasteiger partial charge in [-0.3, -0.25) is 4.79 Å². The van der Waals surface area contributed by atoms with Crippen molar-refractivity contribution in [1.29, 1.82) is 0 Å². The Hall–Kier alpha value is -2.57. The minimum Gasteiger partial charge on any atom is -0.507 e. The second-order valence-electron chi connectivity index (χ2n) is 16.3. The number of rotatable bonds is 13. The summed E-state index contributed by atoms with van der Waals surface area (Å²) in [6.07, 6.45) is 4.47. The van der Waals surface area contributed by atoms with Crippen LogP contribution < -0.4 is 0 Å². The van der Waals surface area contributed by atoms with Crippen LogP contribution in [0.5, 0.6) is 11.5 Å². The van der Waals surface area contributed by atoms with E-state index >= 15 is 0 Å². The Kier molecular flexibility index (Phi) is 12.9. The second-order valence-corrected chi connectivity index (χ2v) is 16.3. The van der Waals surface area contributed by atoms with E-state index in [0.29, 0.717) is 37.7 Å². The number of unbranched alkanes of at least 4 members (excludes halogenated alkanes) is 3. The number of phenols is 2. The Morgan fingerprint density at radius 3 is 1.32 bits per heavy atom. The number of phenolic OH excluding ortho intramolecular Hbond substituents is 2. The minimum atomic E-state index is -0.245. The molecule has 0 aliphatic rings. The molecule has 2 aromatic rings. The van der Waals surface area contributed by atoms with Crippen LogP contribution in [0.3, 0.4) is 0 Å². The topological polar surface area (TPSA) is 85.2 Å². The van der Waals surface area contributed by atoms with Crippen molar-refractivity contribution in [1.82, 2.24) is 0 Å². The summed E-state index contributed by atoms with van der Waals surface area (Å²) in [6.45, 7) is 26.4. The molecular formula is C38H60O6. The van der Waals surface area contributed by atoms with Gasteiger partial charge in [-0.2, -0.15) is 0 Å². The maximum absolute atomic E-state index is 12.6. The Bertz CT molecular complexity index is 1160. The number of carbonyl (C=O) groups is 1. The number of esters is 1. The van der Waals surface area contributed by atoms with Crippen molar-refractivity contribution in [3.05, 3.63) is 57.6 Å². The van der Waals surface area contributed by atoms with Gasteiger partial charge in [0.2, 0.25) is 0 Å². The highest BCUT2D eigenvalue weighted by molar-refractivity contribution is 5.73. The van der Waals surface area contributed by atoms with Crippen LogP contribution in [0.4, 0.5) is 0 Å². The summed E-state index contributed by atoms with van der Waals surface area (Å²) in [5.41, 5.74) is 4.82. The molecule has 0 radical (unpaired) electrons. The molecule has 0 aliphatic heterocycles. The quantitative estimate of drug-likeness (QED) is 0.102. The van der Waals surface area contributed by atoms with Gasteiger partial charge < -0.3 is 14.9 Å². The lowest BCUT2D eigenvalue weighted by Crippen LogP contribution is -2.19. The van der Waals surface area contributed by atoms with Gasteiger partial charge in [0.25, 0.3) is 0 Å². The maximum atomic E-state index is 12.6. The highest BCUT2D eigenvalue weighted by Crippen LogP contribution is 2.41. The van der Waals surface area contributed by atoms with Gasteiger partial charge >= 0.3 is 5.97 Å². The third-order valence-electron chi connectivity index (χ3n) is 7.86. The van der Waals surface area contributed by atoms with Crippen LogP contribution in [0.2, 0.25) is 0 Å². The third kappa shape index (κ3) is 11.4. The van der Waals surface area contributed by atoms with E-state index in [1.807, 2.05) is 12.1 Å². The van der Waals surface area contributed by atoms with Crippen LogP contribution in [0, 0.1) is 0 Å². The van der Waals surface area contributed by atoms with Crippen LogP contribution in [0.25, 0.3) is 0 Å². The Morgan fingerprint density at radius 2 is 0.909 bits per heavy atom. The smallest absolute Gasteiger partial charge is 0.310 e. The van der Waals surface area contributed by atoms with E-state index in [4.69, 9.17) is 14.5 Å². The fraction of sp³-hybridized carbons (Fsp3) is 0.658. The summed E-state index contributed by atoms with van der Waals surface area (Å²) in [6, 6.07) is 8.03. The zero-order valence-electron chi connectivity index (χ0n) is 29.7. The average molecular weight is 613 g/mol. The van der Waals surface area contributed by atoms with Crippen LogP contribution in [0.15, 0.2) is 24.3 Å². The van der Waals surface area contributed by atoms with Gasteiger partial charge in [0.05, 0.1) is 26.2 Å². The SMILES string of the molecule is CC(C)(C)c1cc(CCOOCCCCCCOC(=O)Cc2cc(C(C)(C)C)c(O)c(C(C)(C)C)c2)cc(C(C)(C)C)c1O. The number of hydrogen-bond donors (Lipinski definition) is 2. The number of carbonyl (C=O) groups excluding carboxylic acids is 1. The molecule has 0 fully saturated rings. The lowest BCUT2D eigenvalue weighted by Gasteiger charge is -2.28. The van der Waals surface area contributed by atoms with Crippen molar-refractivity contribution < 1.29 is 29.5 Å². The minimum absolute atomic E-state index is 0.158. The van der Waals surface area contributed by atoms with Crippen LogP contribution >= 0.6 is 0 Å². The van der Waals surface area contributed by atoms with Crippen molar-refractivity contribution in [3.8, 4) is 11.5 Å². The second kappa shape index (κ2) is 15.1. The zero-order valence-corrected chi connectivity index (χ0v) is 29.7. The predicted octanol–water partition coefficient (Wildman–Crippen LogP) is 9.12. The van der Waals surface area contributed by atoms with Crippen molar-refractivity contribution in [3.63, 3.8) is 0 Å². The first-order valence-corrected chi connectivity index (χ1v) is 16.3. The largest absolute Gasteiger partial charge is 0.507 e. The normalized spacial score (nSPS) is 12.9. The van der Waals surface area contributed by atoms with E-state index in [9.17, 15) is 15.0 Å². The molecule has 0 amide bonds. The standard InChI is InChI=1S/C38H60O6/c1-35(2,3)28-21-26(22-29(33(28)40)36(4,5)6)17-20-44-43-19-16-14-13-15-18-42-32(39)25-27-23-30(37(7,8)9)34(41)31(24-27)38(10,11)12/h21-24,40-41H,13-20,25H2,1-12H3. The van der Waals surface area contributed by atoms with Gasteiger partial charge in [0.1, 0.15) is 11.5 Å². The molecule has 0 aromatic heterocycles. The number of aromatic hydroxyl groups is 2. The maximum Gasteiger partial charge on any atom is 0.310 e. The molecule has 0 spiro atoms. The van der Waals surface area contributed by atoms with Gasteiger partial charge in [0, 0.05) is 0 Å². The van der Waals surface area contributed by atoms with E-state index in [-0.39, 0.29) is 34.1 Å². The van der Waals surface area contributed by atoms with Crippen molar-refractivity contribution in [2.75, 3.05) is 19.8 Å². The van der Waals surface area contributed by atoms with Gasteiger partial charge in [-0.15, -0.1) is 0 Å². The lowest BCUT2D eigenvalue weighted by molar-refractivity contribution is -0.294. The average Bonchev–Trinajstić information content (AvgIpc) is 2.86. The first-order valence-electron chi connectivity index (χ1n) is 16.3. The predicted molar refractivity (Wildman–Crippen MR) is 180 cm³/mol. The zero-order chi connectivity index (χ0) is 33.5. The van der Waals surface area contributed by atoms with Gasteiger partial charge in [0.15, 0.2) is 0 Å². The molecular weight excluding hydrogens is 552 g/mol. The molecule has 6 heteroatoms. The van der Waals surface area contributed by atoms with Gasteiger partial charge in [-0.05, 0) is 80.7 Å². The summed E-state index contributed by atoms with van der Waals surface area (Å²) >= 11 is 0. The van der Waals surface area contributed by atoms with Crippen molar-refractivity contribution in [2.45, 2.75) is 143 Å². The highest BCUT2D eigenvalue weighted by Gasteiger charge is 2.28. The molecule has 2 N–H and O–H groups in total. The molecule has 0 unspecified atom stereocenters. The summed E-state index contributed by atoms with van der Waals surface area (Å²) in [7, 11) is 0. The van der Waals surface area contributed by atoms with Crippen LogP contribution in [0.1, 0.15) is 142 Å². The monoisotopic (exact) mass is 612 g/mol. The molecule has 0 atom stereocenters. The van der Waals surface area contributed by atoms with Gasteiger partial charge in [-0.1, -0.05) is 114 Å². The van der Waals surface area contributed by atoms with Crippen molar-refractivity contribution in [2.24, 2.45) is 0 Å². The molecule has 2 rings (SSSR count). The molecule has 0 bridgehead atoms. The fourth-order valence-corrected chi connectivity index (χ4v) is 5.22. The third-order valence-corrected chi connectivity index (χ3v) is 7.86. The first kappa shape index (κ1) is 37.6. The lowest BCUT2D eigenvalue weighted by atomic mass is 9.78. The van der Waals surface area contributed by atoms with E-state index in [1.165, 1.54) is 0 Å². The summed E-state index contributed by atoms with van der Waals surface area (Å²) in [5, 5.41) is 21.8. The van der Waals surface area contributed by atoms with Crippen LogP contribution in [-0.4, -0.2) is 36.0 Å².